The van der Waals surface area contributed by atoms with E-state index in [0.717, 1.165) is 0 Å². The highest BCUT2D eigenvalue weighted by molar-refractivity contribution is 5.97. The highest BCUT2D eigenvalue weighted by Crippen LogP contribution is 2.17. The Morgan fingerprint density at radius 3 is 2.61 bits per heavy atom. The lowest BCUT2D eigenvalue weighted by Crippen LogP contribution is -2.09. The molecule has 96 valence electrons. The van der Waals surface area contributed by atoms with Crippen molar-refractivity contribution < 1.29 is 24.2 Å². The molecular weight excluding hydrogens is 236 g/mol. The molecule has 0 saturated heterocycles. The summed E-state index contributed by atoms with van der Waals surface area (Å²) in [6.45, 7) is 0. The number of rotatable bonds is 5. The molecule has 0 atom stereocenters. The van der Waals surface area contributed by atoms with E-state index in [1.807, 2.05) is 0 Å². The molecule has 0 saturated carbocycles. The summed E-state index contributed by atoms with van der Waals surface area (Å²) in [5.74, 6) is -1.11. The van der Waals surface area contributed by atoms with Gasteiger partial charge in [0.15, 0.2) is 0 Å². The molecule has 0 aliphatic carbocycles. The summed E-state index contributed by atoms with van der Waals surface area (Å²) in [6, 6.07) is 6.95. The number of carboxylic acid groups (broad SMARTS) is 1. The molecule has 1 N–H and O–H groups in total. The Morgan fingerprint density at radius 1 is 1.33 bits per heavy atom. The van der Waals surface area contributed by atoms with Gasteiger partial charge in [-0.1, -0.05) is 12.1 Å². The van der Waals surface area contributed by atoms with Gasteiger partial charge in [-0.05, 0) is 23.8 Å². The second kappa shape index (κ2) is 6.44. The van der Waals surface area contributed by atoms with E-state index in [-0.39, 0.29) is 12.0 Å². The van der Waals surface area contributed by atoms with Gasteiger partial charge in [0.1, 0.15) is 5.75 Å². The van der Waals surface area contributed by atoms with Gasteiger partial charge in [-0.3, -0.25) is 4.79 Å². The second-order valence-electron chi connectivity index (χ2n) is 3.51. The van der Waals surface area contributed by atoms with Crippen molar-refractivity contribution in [3.8, 4) is 5.75 Å². The maximum absolute atomic E-state index is 11.4. The Balaban J connectivity index is 3.05. The van der Waals surface area contributed by atoms with Gasteiger partial charge in [-0.15, -0.1) is 0 Å². The third-order valence-electron chi connectivity index (χ3n) is 2.22. The van der Waals surface area contributed by atoms with Crippen LogP contribution in [0.15, 0.2) is 29.8 Å². The molecule has 0 aliphatic rings. The van der Waals surface area contributed by atoms with E-state index < -0.39 is 11.9 Å². The molecule has 5 heteroatoms. The van der Waals surface area contributed by atoms with Crippen molar-refractivity contribution in [3.63, 3.8) is 0 Å². The van der Waals surface area contributed by atoms with Crippen LogP contribution in [0.1, 0.15) is 12.0 Å². The van der Waals surface area contributed by atoms with Gasteiger partial charge in [0.25, 0.3) is 0 Å². The molecule has 18 heavy (non-hydrogen) atoms. The van der Waals surface area contributed by atoms with Crippen LogP contribution in [-0.2, 0) is 14.3 Å². The van der Waals surface area contributed by atoms with Crippen molar-refractivity contribution in [2.75, 3.05) is 14.2 Å². The Morgan fingerprint density at radius 2 is 2.06 bits per heavy atom. The fraction of sp³-hybridized carbons (Fsp3) is 0.231. The lowest BCUT2D eigenvalue weighted by molar-refractivity contribution is -0.141. The minimum absolute atomic E-state index is 0.0817. The van der Waals surface area contributed by atoms with Crippen LogP contribution in [0.4, 0.5) is 0 Å². The molecule has 0 heterocycles. The van der Waals surface area contributed by atoms with Crippen LogP contribution < -0.4 is 4.74 Å². The molecule has 0 unspecified atom stereocenters. The normalized spacial score (nSPS) is 10.9. The van der Waals surface area contributed by atoms with Crippen molar-refractivity contribution in [2.24, 2.45) is 0 Å². The van der Waals surface area contributed by atoms with Crippen molar-refractivity contribution in [1.82, 2.24) is 0 Å². The van der Waals surface area contributed by atoms with Gasteiger partial charge in [0.2, 0.25) is 0 Å². The molecular formula is C13H14O5. The summed E-state index contributed by atoms with van der Waals surface area (Å²) in [6.07, 6.45) is 1.09. The fourth-order valence-corrected chi connectivity index (χ4v) is 1.41. The molecule has 1 rings (SSSR count). The third-order valence-corrected chi connectivity index (χ3v) is 2.22. The van der Waals surface area contributed by atoms with E-state index >= 15 is 0 Å². The van der Waals surface area contributed by atoms with Gasteiger partial charge in [-0.25, -0.2) is 4.79 Å². The standard InChI is InChI=1S/C13H14O5/c1-17-11-5-3-4-9(7-11)6-10(8-12(14)15)13(16)18-2/h3-7H,8H2,1-2H3,(H,14,15)/b10-6-. The van der Waals surface area contributed by atoms with Gasteiger partial charge < -0.3 is 14.6 Å². The van der Waals surface area contributed by atoms with Crippen LogP contribution in [0.3, 0.4) is 0 Å². The third kappa shape index (κ3) is 3.93. The zero-order chi connectivity index (χ0) is 13.5. The van der Waals surface area contributed by atoms with Crippen LogP contribution in [0.25, 0.3) is 6.08 Å². The number of ether oxygens (including phenoxy) is 2. The minimum atomic E-state index is -1.09. The van der Waals surface area contributed by atoms with E-state index in [1.165, 1.54) is 20.3 Å². The van der Waals surface area contributed by atoms with E-state index in [2.05, 4.69) is 4.74 Å². The van der Waals surface area contributed by atoms with Crippen molar-refractivity contribution in [1.29, 1.82) is 0 Å². The number of benzene rings is 1. The van der Waals surface area contributed by atoms with Crippen LogP contribution in [0, 0.1) is 0 Å². The van der Waals surface area contributed by atoms with Gasteiger partial charge in [0.05, 0.1) is 20.6 Å². The Bertz CT molecular complexity index is 476. The minimum Gasteiger partial charge on any atom is -0.497 e. The Labute approximate surface area is 105 Å². The number of carbonyl (C=O) groups is 2. The van der Waals surface area contributed by atoms with Crippen molar-refractivity contribution in [2.45, 2.75) is 6.42 Å². The number of hydrogen-bond acceptors (Lipinski definition) is 4. The lowest BCUT2D eigenvalue weighted by atomic mass is 10.1. The number of aliphatic carboxylic acids is 1. The summed E-state index contributed by atoms with van der Waals surface area (Å²) < 4.78 is 9.58. The zero-order valence-electron chi connectivity index (χ0n) is 10.2. The molecule has 0 aliphatic heterocycles. The predicted octanol–water partition coefficient (Wildman–Crippen LogP) is 1.73. The molecule has 1 aromatic rings. The molecule has 0 amide bonds. The van der Waals surface area contributed by atoms with Crippen LogP contribution in [0.5, 0.6) is 5.75 Å². The highest BCUT2D eigenvalue weighted by Gasteiger charge is 2.13. The van der Waals surface area contributed by atoms with Gasteiger partial charge in [0, 0.05) is 5.57 Å². The van der Waals surface area contributed by atoms with Crippen LogP contribution in [-0.4, -0.2) is 31.3 Å². The summed E-state index contributed by atoms with van der Waals surface area (Å²) in [5.41, 5.74) is 0.759. The molecule has 1 aromatic carbocycles. The average Bonchev–Trinajstić information content (AvgIpc) is 2.36. The molecule has 0 spiro atoms. The lowest BCUT2D eigenvalue weighted by Gasteiger charge is -2.04. The van der Waals surface area contributed by atoms with E-state index in [4.69, 9.17) is 9.84 Å². The number of esters is 1. The molecule has 0 radical (unpaired) electrons. The number of carboxylic acids is 1. The zero-order valence-corrected chi connectivity index (χ0v) is 10.2. The number of hydrogen-bond donors (Lipinski definition) is 1. The first-order valence-electron chi connectivity index (χ1n) is 5.21. The number of methoxy groups -OCH3 is 2. The largest absolute Gasteiger partial charge is 0.497 e. The van der Waals surface area contributed by atoms with E-state index in [0.29, 0.717) is 11.3 Å². The van der Waals surface area contributed by atoms with Gasteiger partial charge >= 0.3 is 11.9 Å². The summed E-state index contributed by atoms with van der Waals surface area (Å²) in [4.78, 5) is 22.1. The Kier molecular flexibility index (Phi) is 4.92. The molecule has 0 aromatic heterocycles. The first-order valence-corrected chi connectivity index (χ1v) is 5.21. The topological polar surface area (TPSA) is 72.8 Å². The quantitative estimate of drug-likeness (QED) is 0.636. The van der Waals surface area contributed by atoms with Crippen LogP contribution >= 0.6 is 0 Å². The summed E-state index contributed by atoms with van der Waals surface area (Å²) >= 11 is 0. The van der Waals surface area contributed by atoms with E-state index in [1.54, 1.807) is 24.3 Å². The molecule has 5 nitrogen and oxygen atoms in total. The van der Waals surface area contributed by atoms with Gasteiger partial charge in [-0.2, -0.15) is 0 Å². The second-order valence-corrected chi connectivity index (χ2v) is 3.51. The highest BCUT2D eigenvalue weighted by atomic mass is 16.5. The molecule has 0 fully saturated rings. The smallest absolute Gasteiger partial charge is 0.334 e. The van der Waals surface area contributed by atoms with Crippen LogP contribution in [0.2, 0.25) is 0 Å². The van der Waals surface area contributed by atoms with Crippen molar-refractivity contribution in [3.05, 3.63) is 35.4 Å². The predicted molar refractivity (Wildman–Crippen MR) is 65.2 cm³/mol. The number of carbonyl (C=O) groups excluding carboxylic acids is 1. The Hall–Kier alpha value is -2.30. The average molecular weight is 250 g/mol. The van der Waals surface area contributed by atoms with E-state index in [9.17, 15) is 9.59 Å². The first-order chi connectivity index (χ1) is 8.56. The first kappa shape index (κ1) is 13.8. The van der Waals surface area contributed by atoms with Crippen molar-refractivity contribution >= 4 is 18.0 Å². The maximum Gasteiger partial charge on any atom is 0.334 e. The SMILES string of the molecule is COC(=O)/C(=C\c1cccc(OC)c1)CC(=O)O. The monoisotopic (exact) mass is 250 g/mol. The summed E-state index contributed by atoms with van der Waals surface area (Å²) in [7, 11) is 2.74. The summed E-state index contributed by atoms with van der Waals surface area (Å²) in [5, 5.41) is 8.73. The fourth-order valence-electron chi connectivity index (χ4n) is 1.41. The molecule has 0 bridgehead atoms. The maximum atomic E-state index is 11.4.